The number of aromatic hydroxyl groups is 1. The van der Waals surface area contributed by atoms with Gasteiger partial charge in [0.05, 0.1) is 58.5 Å². The Bertz CT molecular complexity index is 1530. The van der Waals surface area contributed by atoms with Gasteiger partial charge < -0.3 is 39.0 Å². The van der Waals surface area contributed by atoms with E-state index >= 15 is 0 Å². The van der Waals surface area contributed by atoms with E-state index in [0.29, 0.717) is 43.5 Å². The highest BCUT2D eigenvalue weighted by Gasteiger charge is 2.56. The lowest BCUT2D eigenvalue weighted by Crippen LogP contribution is -2.53. The van der Waals surface area contributed by atoms with E-state index in [4.69, 9.17) is 28.8 Å². The Morgan fingerprint density at radius 1 is 0.660 bits per heavy atom. The van der Waals surface area contributed by atoms with Crippen LogP contribution in [0.4, 0.5) is 0 Å². The maximum atomic E-state index is 9.82. The molecule has 272 valence electrons. The van der Waals surface area contributed by atoms with Crippen molar-refractivity contribution in [3.05, 3.63) is 70.8 Å². The van der Waals surface area contributed by atoms with Crippen LogP contribution in [0.3, 0.4) is 0 Å². The van der Waals surface area contributed by atoms with Crippen LogP contribution in [0, 0.1) is 35.5 Å². The second-order valence-electron chi connectivity index (χ2n) is 15.7. The zero-order valence-corrected chi connectivity index (χ0v) is 30.1. The third kappa shape index (κ3) is 6.93. The lowest BCUT2D eigenvalue weighted by molar-refractivity contribution is -0.149. The lowest BCUT2D eigenvalue weighted by Gasteiger charge is -2.57. The number of methoxy groups -OCH3 is 2. The highest BCUT2D eigenvalue weighted by Crippen LogP contribution is 2.62. The number of ether oxygens (including phenoxy) is 5. The summed E-state index contributed by atoms with van der Waals surface area (Å²) in [7, 11) is 3.52. The summed E-state index contributed by atoms with van der Waals surface area (Å²) in [6.45, 7) is 3.77. The van der Waals surface area contributed by atoms with E-state index in [1.807, 2.05) is 31.2 Å². The molecule has 3 N–H and O–H groups in total. The van der Waals surface area contributed by atoms with Gasteiger partial charge in [-0.3, -0.25) is 0 Å². The van der Waals surface area contributed by atoms with Crippen molar-refractivity contribution in [1.82, 2.24) is 0 Å². The van der Waals surface area contributed by atoms with Gasteiger partial charge in [-0.1, -0.05) is 24.3 Å². The Morgan fingerprint density at radius 3 is 1.54 bits per heavy atom. The standard InChI is InChI=1S/C22H30O4.C20H26O4/c1-3-25-19-6-4-5-16(11-19)21(24-2)20-17-9-15-10-18(20)14-22(12-15,13-17)26-8-7-23;1-23-19(14-3-2-4-17(22)9-14)18-15-7-13-8-16(18)12-20(10-13,11-15)24-6-5-21/h4-6,11,15,17-18,23H,3,7-10,12-14H2,1-2H3;2-4,9,13,15-16,21-22H,5-8,10-12H2,1H3. The summed E-state index contributed by atoms with van der Waals surface area (Å²) >= 11 is 0. The van der Waals surface area contributed by atoms with Gasteiger partial charge in [0.2, 0.25) is 0 Å². The fourth-order valence-electron chi connectivity index (χ4n) is 11.4. The molecule has 8 saturated carbocycles. The second kappa shape index (κ2) is 14.9. The van der Waals surface area contributed by atoms with Crippen molar-refractivity contribution in [2.45, 2.75) is 82.3 Å². The molecule has 4 unspecified atom stereocenters. The van der Waals surface area contributed by atoms with Gasteiger partial charge in [0.15, 0.2) is 0 Å². The molecule has 0 aromatic heterocycles. The molecule has 8 fully saturated rings. The number of phenolic OH excluding ortho intramolecular Hbond substituents is 1. The van der Waals surface area contributed by atoms with Crippen LogP contribution in [0.25, 0.3) is 11.5 Å². The molecule has 8 aliphatic rings. The molecular weight excluding hydrogens is 632 g/mol. The van der Waals surface area contributed by atoms with E-state index in [0.717, 1.165) is 78.8 Å². The average molecular weight is 689 g/mol. The smallest absolute Gasteiger partial charge is 0.125 e. The number of hydrogen-bond donors (Lipinski definition) is 3. The fraction of sp³-hybridized carbons (Fsp3) is 0.619. The van der Waals surface area contributed by atoms with Gasteiger partial charge in [-0.15, -0.1) is 0 Å². The van der Waals surface area contributed by atoms with E-state index in [9.17, 15) is 10.2 Å². The first-order valence-electron chi connectivity index (χ1n) is 18.9. The number of hydrogen-bond acceptors (Lipinski definition) is 8. The molecule has 0 saturated heterocycles. The Morgan fingerprint density at radius 2 is 1.12 bits per heavy atom. The summed E-state index contributed by atoms with van der Waals surface area (Å²) in [6.07, 6.45) is 11.4. The maximum Gasteiger partial charge on any atom is 0.125 e. The zero-order valence-electron chi connectivity index (χ0n) is 30.1. The van der Waals surface area contributed by atoms with Crippen molar-refractivity contribution in [2.75, 3.05) is 47.3 Å². The van der Waals surface area contributed by atoms with E-state index < -0.39 is 0 Å². The third-order valence-corrected chi connectivity index (χ3v) is 12.5. The zero-order chi connectivity index (χ0) is 34.9. The molecule has 8 bridgehead atoms. The van der Waals surface area contributed by atoms with Gasteiger partial charge in [-0.05, 0) is 142 Å². The van der Waals surface area contributed by atoms with Crippen LogP contribution in [0.1, 0.15) is 82.3 Å². The molecule has 50 heavy (non-hydrogen) atoms. The Balaban J connectivity index is 0.000000157. The van der Waals surface area contributed by atoms with Gasteiger partial charge in [-0.25, -0.2) is 0 Å². The van der Waals surface area contributed by atoms with E-state index in [1.54, 1.807) is 26.4 Å². The predicted octanol–water partition coefficient (Wildman–Crippen LogP) is 7.37. The van der Waals surface area contributed by atoms with E-state index in [1.165, 1.54) is 36.8 Å². The second-order valence-corrected chi connectivity index (χ2v) is 15.7. The van der Waals surface area contributed by atoms with Crippen molar-refractivity contribution in [2.24, 2.45) is 35.5 Å². The monoisotopic (exact) mass is 688 g/mol. The van der Waals surface area contributed by atoms with Crippen molar-refractivity contribution >= 4 is 11.5 Å². The van der Waals surface area contributed by atoms with Crippen LogP contribution in [-0.2, 0) is 18.9 Å². The summed E-state index contributed by atoms with van der Waals surface area (Å²) in [6, 6.07) is 15.6. The molecule has 8 heteroatoms. The molecule has 0 spiro atoms. The SMILES string of the molecule is CCOc1cccc(C(OC)=C2C3CC4CC2CC(OCCO)(C4)C3)c1.COC(=C1C2CC3CC1CC(OCCO)(C3)C2)c1cccc(O)c1. The maximum absolute atomic E-state index is 9.82. The van der Waals surface area contributed by atoms with Gasteiger partial charge >= 0.3 is 0 Å². The van der Waals surface area contributed by atoms with Crippen LogP contribution in [-0.4, -0.2) is 73.8 Å². The summed E-state index contributed by atoms with van der Waals surface area (Å²) in [5, 5.41) is 28.2. The Labute approximate surface area is 297 Å². The molecular formula is C42H56O8. The molecule has 0 heterocycles. The molecule has 10 rings (SSSR count). The summed E-state index contributed by atoms with van der Waals surface area (Å²) in [5.41, 5.74) is 4.92. The first-order chi connectivity index (χ1) is 24.3. The van der Waals surface area contributed by atoms with Gasteiger partial charge in [0.25, 0.3) is 0 Å². The summed E-state index contributed by atoms with van der Waals surface area (Å²) < 4.78 is 29.8. The fourth-order valence-corrected chi connectivity index (χ4v) is 11.4. The van der Waals surface area contributed by atoms with Crippen molar-refractivity contribution in [3.63, 3.8) is 0 Å². The molecule has 8 aliphatic carbocycles. The van der Waals surface area contributed by atoms with E-state index in [-0.39, 0.29) is 30.2 Å². The molecule has 0 amide bonds. The van der Waals surface area contributed by atoms with Crippen LogP contribution in [0.15, 0.2) is 59.7 Å². The summed E-state index contributed by atoms with van der Waals surface area (Å²) in [5.74, 6) is 6.68. The number of rotatable bonds is 12. The first kappa shape index (κ1) is 35.4. The minimum atomic E-state index is -0.0413. The van der Waals surface area contributed by atoms with Gasteiger partial charge in [0, 0.05) is 11.1 Å². The highest BCUT2D eigenvalue weighted by atomic mass is 16.5. The quantitative estimate of drug-likeness (QED) is 0.199. The number of phenols is 1. The largest absolute Gasteiger partial charge is 0.508 e. The normalized spacial score (nSPS) is 32.8. The number of benzene rings is 2. The molecule has 8 nitrogen and oxygen atoms in total. The number of aliphatic hydroxyl groups is 2. The minimum Gasteiger partial charge on any atom is -0.508 e. The molecule has 0 aliphatic heterocycles. The van der Waals surface area contributed by atoms with E-state index in [2.05, 4.69) is 12.1 Å². The first-order valence-corrected chi connectivity index (χ1v) is 18.9. The molecule has 2 aromatic rings. The molecule has 2 aromatic carbocycles. The topological polar surface area (TPSA) is 107 Å². The third-order valence-electron chi connectivity index (χ3n) is 12.5. The average Bonchev–Trinajstić information content (AvgIpc) is 3.09. The Hall–Kier alpha value is -3.04. The van der Waals surface area contributed by atoms with Crippen molar-refractivity contribution in [1.29, 1.82) is 0 Å². The van der Waals surface area contributed by atoms with Crippen molar-refractivity contribution in [3.8, 4) is 11.5 Å². The van der Waals surface area contributed by atoms with Crippen LogP contribution < -0.4 is 4.74 Å². The number of allylic oxidation sites excluding steroid dienone is 2. The van der Waals surface area contributed by atoms with Crippen LogP contribution in [0.5, 0.6) is 11.5 Å². The summed E-state index contributed by atoms with van der Waals surface area (Å²) in [4.78, 5) is 0. The van der Waals surface area contributed by atoms with Crippen molar-refractivity contribution < 1.29 is 39.0 Å². The van der Waals surface area contributed by atoms with Crippen LogP contribution in [0.2, 0.25) is 0 Å². The van der Waals surface area contributed by atoms with Gasteiger partial charge in [0.1, 0.15) is 23.0 Å². The van der Waals surface area contributed by atoms with Gasteiger partial charge in [-0.2, -0.15) is 0 Å². The highest BCUT2D eigenvalue weighted by molar-refractivity contribution is 5.67. The Kier molecular flexibility index (Phi) is 10.5. The minimum absolute atomic E-state index is 0.0191. The molecule has 0 radical (unpaired) electrons. The predicted molar refractivity (Wildman–Crippen MR) is 192 cm³/mol. The van der Waals surface area contributed by atoms with Crippen LogP contribution >= 0.6 is 0 Å². The molecule has 4 atom stereocenters. The number of aliphatic hydroxyl groups excluding tert-OH is 2. The lowest BCUT2D eigenvalue weighted by atomic mass is 9.52.